The molecule has 144 valence electrons. The summed E-state index contributed by atoms with van der Waals surface area (Å²) in [6.07, 6.45) is 2.01. The maximum absolute atomic E-state index is 14.7. The molecule has 0 radical (unpaired) electrons. The molecule has 4 aromatic rings. The molecule has 0 aliphatic heterocycles. The SMILES string of the molecule is Fc1ccccc1P(CCP(c1ccccc1)c1ccccc1)c1ccccc1. The van der Waals surface area contributed by atoms with Crippen molar-refractivity contribution in [1.29, 1.82) is 0 Å². The van der Waals surface area contributed by atoms with E-state index in [4.69, 9.17) is 0 Å². The smallest absolute Gasteiger partial charge is 0.131 e. The van der Waals surface area contributed by atoms with Crippen LogP contribution in [0.15, 0.2) is 115 Å². The number of rotatable bonds is 7. The molecule has 0 saturated carbocycles. The highest BCUT2D eigenvalue weighted by atomic mass is 31.1. The Morgan fingerprint density at radius 3 is 1.31 bits per heavy atom. The minimum Gasteiger partial charge on any atom is -0.206 e. The van der Waals surface area contributed by atoms with Gasteiger partial charge < -0.3 is 0 Å². The summed E-state index contributed by atoms with van der Waals surface area (Å²) in [4.78, 5) is 0. The van der Waals surface area contributed by atoms with Crippen LogP contribution in [0.3, 0.4) is 0 Å². The van der Waals surface area contributed by atoms with Crippen LogP contribution in [0, 0.1) is 5.82 Å². The zero-order valence-corrected chi connectivity index (χ0v) is 17.9. The van der Waals surface area contributed by atoms with Gasteiger partial charge in [0.05, 0.1) is 0 Å². The fourth-order valence-corrected chi connectivity index (χ4v) is 8.88. The molecule has 4 aromatic carbocycles. The van der Waals surface area contributed by atoms with Gasteiger partial charge >= 0.3 is 0 Å². The third kappa shape index (κ3) is 4.99. The molecule has 0 saturated heterocycles. The minimum absolute atomic E-state index is 0.0915. The Balaban J connectivity index is 1.67. The Labute approximate surface area is 174 Å². The summed E-state index contributed by atoms with van der Waals surface area (Å²) in [5, 5.41) is 4.85. The highest BCUT2D eigenvalue weighted by Crippen LogP contribution is 2.41. The van der Waals surface area contributed by atoms with Gasteiger partial charge in [0.15, 0.2) is 0 Å². The molecule has 1 atom stereocenters. The summed E-state index contributed by atoms with van der Waals surface area (Å²) < 4.78 is 14.7. The van der Waals surface area contributed by atoms with Crippen molar-refractivity contribution in [1.82, 2.24) is 0 Å². The predicted molar refractivity (Wildman–Crippen MR) is 128 cm³/mol. The highest BCUT2D eigenvalue weighted by Gasteiger charge is 2.21. The van der Waals surface area contributed by atoms with Crippen molar-refractivity contribution in [2.24, 2.45) is 0 Å². The molecule has 4 rings (SSSR count). The van der Waals surface area contributed by atoms with E-state index in [9.17, 15) is 4.39 Å². The lowest BCUT2D eigenvalue weighted by molar-refractivity contribution is 0.636. The first kappa shape index (κ1) is 20.0. The second kappa shape index (κ2) is 9.93. The lowest BCUT2D eigenvalue weighted by atomic mass is 10.3. The van der Waals surface area contributed by atoms with Crippen LogP contribution in [0.4, 0.5) is 4.39 Å². The number of hydrogen-bond acceptors (Lipinski definition) is 0. The molecular weight excluding hydrogens is 393 g/mol. The third-order valence-electron chi connectivity index (χ3n) is 4.89. The summed E-state index contributed by atoms with van der Waals surface area (Å²) in [5.74, 6) is -0.0915. The standard InChI is InChI=1S/C26H23FP2/c27-25-18-10-11-19-26(25)29(24-16-8-3-9-17-24)21-20-28(22-12-4-1-5-13-22)23-14-6-2-7-15-23/h1-19H,20-21H2. The lowest BCUT2D eigenvalue weighted by Gasteiger charge is -2.24. The fourth-order valence-electron chi connectivity index (χ4n) is 3.49. The van der Waals surface area contributed by atoms with Crippen molar-refractivity contribution in [2.75, 3.05) is 12.3 Å². The van der Waals surface area contributed by atoms with E-state index in [-0.39, 0.29) is 5.82 Å². The molecule has 0 nitrogen and oxygen atoms in total. The Morgan fingerprint density at radius 1 is 0.448 bits per heavy atom. The Bertz CT molecular complexity index is 981. The van der Waals surface area contributed by atoms with Crippen LogP contribution < -0.4 is 21.2 Å². The van der Waals surface area contributed by atoms with Crippen molar-refractivity contribution in [2.45, 2.75) is 0 Å². The van der Waals surface area contributed by atoms with Crippen LogP contribution in [0.5, 0.6) is 0 Å². The van der Waals surface area contributed by atoms with Crippen LogP contribution in [0.2, 0.25) is 0 Å². The molecule has 0 fully saturated rings. The van der Waals surface area contributed by atoms with Gasteiger partial charge in [-0.3, -0.25) is 0 Å². The largest absolute Gasteiger partial charge is 0.206 e. The van der Waals surface area contributed by atoms with Crippen molar-refractivity contribution in [3.63, 3.8) is 0 Å². The van der Waals surface area contributed by atoms with Gasteiger partial charge in [0.2, 0.25) is 0 Å². The van der Waals surface area contributed by atoms with Crippen LogP contribution in [0.25, 0.3) is 0 Å². The quantitative estimate of drug-likeness (QED) is 0.354. The number of benzene rings is 4. The Hall–Kier alpha value is -2.33. The second-order valence-corrected chi connectivity index (χ2v) is 11.4. The van der Waals surface area contributed by atoms with Gasteiger partial charge in [-0.05, 0) is 50.1 Å². The molecule has 0 aliphatic rings. The van der Waals surface area contributed by atoms with E-state index in [0.29, 0.717) is 0 Å². The highest BCUT2D eigenvalue weighted by molar-refractivity contribution is 7.76. The van der Waals surface area contributed by atoms with E-state index in [1.54, 1.807) is 12.1 Å². The Morgan fingerprint density at radius 2 is 0.828 bits per heavy atom. The summed E-state index contributed by atoms with van der Waals surface area (Å²) in [7, 11) is -1.22. The molecule has 0 heterocycles. The maximum Gasteiger partial charge on any atom is 0.131 e. The number of hydrogen-bond donors (Lipinski definition) is 0. The predicted octanol–water partition coefficient (Wildman–Crippen LogP) is 5.39. The van der Waals surface area contributed by atoms with E-state index in [2.05, 4.69) is 84.9 Å². The molecule has 0 N–H and O–H groups in total. The molecule has 0 spiro atoms. The first-order valence-corrected chi connectivity index (χ1v) is 12.8. The zero-order valence-electron chi connectivity index (χ0n) is 16.2. The summed E-state index contributed by atoms with van der Waals surface area (Å²) in [5.41, 5.74) is 0. The minimum atomic E-state index is -0.744. The molecule has 3 heteroatoms. The van der Waals surface area contributed by atoms with Crippen LogP contribution >= 0.6 is 15.8 Å². The van der Waals surface area contributed by atoms with E-state index in [1.165, 1.54) is 15.9 Å². The molecule has 0 amide bonds. The normalized spacial score (nSPS) is 12.1. The van der Waals surface area contributed by atoms with E-state index >= 15 is 0 Å². The zero-order chi connectivity index (χ0) is 19.9. The maximum atomic E-state index is 14.7. The molecule has 0 aliphatic carbocycles. The first-order chi connectivity index (χ1) is 14.3. The second-order valence-electron chi connectivity index (χ2n) is 6.76. The van der Waals surface area contributed by atoms with Gasteiger partial charge in [0, 0.05) is 5.30 Å². The van der Waals surface area contributed by atoms with Crippen molar-refractivity contribution < 1.29 is 4.39 Å². The van der Waals surface area contributed by atoms with Gasteiger partial charge in [-0.25, -0.2) is 4.39 Å². The first-order valence-electron chi connectivity index (χ1n) is 9.78. The molecule has 0 bridgehead atoms. The average Bonchev–Trinajstić information content (AvgIpc) is 2.79. The molecule has 29 heavy (non-hydrogen) atoms. The third-order valence-corrected chi connectivity index (χ3v) is 10.3. The van der Waals surface area contributed by atoms with Crippen LogP contribution in [0.1, 0.15) is 0 Å². The van der Waals surface area contributed by atoms with Gasteiger partial charge in [0.25, 0.3) is 0 Å². The van der Waals surface area contributed by atoms with Gasteiger partial charge in [0.1, 0.15) is 5.82 Å². The molecular formula is C26H23FP2. The summed E-state index contributed by atoms with van der Waals surface area (Å²) in [6, 6.07) is 39.2. The van der Waals surface area contributed by atoms with E-state index < -0.39 is 15.8 Å². The fraction of sp³-hybridized carbons (Fsp3) is 0.0769. The average molecular weight is 416 g/mol. The summed E-state index contributed by atoms with van der Waals surface area (Å²) in [6.45, 7) is 0. The monoisotopic (exact) mass is 416 g/mol. The van der Waals surface area contributed by atoms with Crippen LogP contribution in [-0.2, 0) is 0 Å². The lowest BCUT2D eigenvalue weighted by Crippen LogP contribution is -2.21. The van der Waals surface area contributed by atoms with E-state index in [1.807, 2.05) is 18.2 Å². The number of halogens is 1. The van der Waals surface area contributed by atoms with E-state index in [0.717, 1.165) is 17.6 Å². The van der Waals surface area contributed by atoms with Crippen LogP contribution in [-0.4, -0.2) is 12.3 Å². The molecule has 1 unspecified atom stereocenters. The summed E-state index contributed by atoms with van der Waals surface area (Å²) >= 11 is 0. The van der Waals surface area contributed by atoms with Gasteiger partial charge in [-0.15, -0.1) is 0 Å². The van der Waals surface area contributed by atoms with Gasteiger partial charge in [-0.2, -0.15) is 0 Å². The molecule has 0 aromatic heterocycles. The topological polar surface area (TPSA) is 0 Å². The van der Waals surface area contributed by atoms with Crippen molar-refractivity contribution >= 4 is 37.1 Å². The Kier molecular flexibility index (Phi) is 6.83. The van der Waals surface area contributed by atoms with Crippen molar-refractivity contribution in [3.05, 3.63) is 121 Å². The van der Waals surface area contributed by atoms with Gasteiger partial charge in [-0.1, -0.05) is 109 Å². The van der Waals surface area contributed by atoms with Crippen molar-refractivity contribution in [3.8, 4) is 0 Å².